The quantitative estimate of drug-likeness (QED) is 0.329. The molecular weight excluding hydrogens is 102 g/mol. The van der Waals surface area contributed by atoms with Crippen LogP contribution in [0.5, 0.6) is 0 Å². The summed E-state index contributed by atoms with van der Waals surface area (Å²) in [6, 6.07) is 0. The van der Waals surface area contributed by atoms with E-state index in [4.69, 9.17) is 5.73 Å². The van der Waals surface area contributed by atoms with E-state index in [1.165, 1.54) is 0 Å². The average Bonchev–Trinajstić information content (AvgIpc) is 1.77. The Balaban J connectivity index is 2.42. The molecule has 3 heteroatoms. The Morgan fingerprint density at radius 2 is 2.62 bits per heavy atom. The van der Waals surface area contributed by atoms with Gasteiger partial charge in [0.25, 0.3) is 0 Å². The fraction of sp³-hybridized carbons (Fsp3) is 0.800. The first-order valence-electron chi connectivity index (χ1n) is 2.89. The maximum Gasteiger partial charge on any atom is 0.341 e. The zero-order valence-electron chi connectivity index (χ0n) is 5.07. The second-order valence-electron chi connectivity index (χ2n) is 2.28. The van der Waals surface area contributed by atoms with Crippen molar-refractivity contribution < 1.29 is 4.99 Å². The monoisotopic (exact) mass is 114 g/mol. The number of hydrogen-bond donors (Lipinski definition) is 3. The van der Waals surface area contributed by atoms with Crippen molar-refractivity contribution in [3.63, 3.8) is 0 Å². The number of rotatable bonds is 0. The lowest BCUT2D eigenvalue weighted by molar-refractivity contribution is -0.473. The van der Waals surface area contributed by atoms with Gasteiger partial charge in [-0.3, -0.25) is 16.0 Å². The minimum absolute atomic E-state index is 0.697. The number of nitrogens with one attached hydrogen (secondary N) is 2. The molecule has 0 spiro atoms. The van der Waals surface area contributed by atoms with Crippen molar-refractivity contribution in [1.82, 2.24) is 5.32 Å². The summed E-state index contributed by atoms with van der Waals surface area (Å²) in [5.41, 5.74) is 5.39. The van der Waals surface area contributed by atoms with Crippen LogP contribution in [0.25, 0.3) is 0 Å². The second-order valence-corrected chi connectivity index (χ2v) is 2.28. The van der Waals surface area contributed by atoms with Crippen molar-refractivity contribution in [2.24, 2.45) is 11.7 Å². The lowest BCUT2D eigenvalue weighted by Crippen LogP contribution is -2.83. The Bertz CT molecular complexity index is 108. The van der Waals surface area contributed by atoms with E-state index in [2.05, 4.69) is 17.2 Å². The third-order valence-corrected chi connectivity index (χ3v) is 1.28. The Hall–Kier alpha value is -0.730. The molecule has 1 aliphatic heterocycles. The predicted octanol–water partition coefficient (Wildman–Crippen LogP) is -2.38. The molecule has 46 valence electrons. The van der Waals surface area contributed by atoms with E-state index < -0.39 is 0 Å². The van der Waals surface area contributed by atoms with Crippen LogP contribution >= 0.6 is 0 Å². The number of hydrogen-bond acceptors (Lipinski definition) is 2. The first kappa shape index (κ1) is 5.41. The minimum atomic E-state index is 0.697. The summed E-state index contributed by atoms with van der Waals surface area (Å²) >= 11 is 0. The van der Waals surface area contributed by atoms with E-state index in [0.717, 1.165) is 13.1 Å². The van der Waals surface area contributed by atoms with Crippen LogP contribution in [0.3, 0.4) is 0 Å². The molecule has 0 aromatic rings. The highest BCUT2D eigenvalue weighted by molar-refractivity contribution is 5.71. The summed E-state index contributed by atoms with van der Waals surface area (Å²) in [6.07, 6.45) is 0. The van der Waals surface area contributed by atoms with Crippen molar-refractivity contribution in [3.8, 4) is 0 Å². The highest BCUT2D eigenvalue weighted by Gasteiger charge is 2.10. The van der Waals surface area contributed by atoms with Crippen LogP contribution in [0, 0.1) is 5.92 Å². The second kappa shape index (κ2) is 2.03. The van der Waals surface area contributed by atoms with Crippen LogP contribution < -0.4 is 16.0 Å². The molecule has 1 heterocycles. The molecule has 0 aromatic carbocycles. The van der Waals surface area contributed by atoms with Crippen LogP contribution in [0.15, 0.2) is 0 Å². The molecule has 0 fully saturated rings. The van der Waals surface area contributed by atoms with E-state index in [-0.39, 0.29) is 0 Å². The lowest BCUT2D eigenvalue weighted by atomic mass is 10.2. The van der Waals surface area contributed by atoms with Gasteiger partial charge in [-0.2, -0.15) is 0 Å². The van der Waals surface area contributed by atoms with Gasteiger partial charge in [0, 0.05) is 5.92 Å². The van der Waals surface area contributed by atoms with Crippen molar-refractivity contribution >= 4 is 5.96 Å². The van der Waals surface area contributed by atoms with Crippen LogP contribution in [0.4, 0.5) is 0 Å². The molecule has 0 radical (unpaired) electrons. The van der Waals surface area contributed by atoms with Crippen molar-refractivity contribution in [3.05, 3.63) is 0 Å². The fourth-order valence-corrected chi connectivity index (χ4v) is 0.703. The minimum Gasteiger partial charge on any atom is -0.291 e. The SMILES string of the molecule is CC1CNC(N)=[NH+]C1. The fourth-order valence-electron chi connectivity index (χ4n) is 0.703. The van der Waals surface area contributed by atoms with Gasteiger partial charge >= 0.3 is 5.96 Å². The smallest absolute Gasteiger partial charge is 0.291 e. The van der Waals surface area contributed by atoms with E-state index in [1.807, 2.05) is 0 Å². The normalized spacial score (nSPS) is 28.6. The zero-order valence-corrected chi connectivity index (χ0v) is 5.07. The van der Waals surface area contributed by atoms with Gasteiger partial charge in [-0.1, -0.05) is 6.92 Å². The lowest BCUT2D eigenvalue weighted by Gasteiger charge is -2.11. The highest BCUT2D eigenvalue weighted by Crippen LogP contribution is 1.85. The van der Waals surface area contributed by atoms with Gasteiger partial charge in [-0.25, -0.2) is 0 Å². The Morgan fingerprint density at radius 3 is 3.00 bits per heavy atom. The van der Waals surface area contributed by atoms with Crippen LogP contribution in [-0.4, -0.2) is 19.0 Å². The molecule has 0 bridgehead atoms. The maximum absolute atomic E-state index is 5.39. The number of nitrogens with two attached hydrogens (primary N) is 1. The molecule has 8 heavy (non-hydrogen) atoms. The van der Waals surface area contributed by atoms with Gasteiger partial charge < -0.3 is 0 Å². The van der Waals surface area contributed by atoms with E-state index >= 15 is 0 Å². The summed E-state index contributed by atoms with van der Waals surface area (Å²) in [5.74, 6) is 1.41. The van der Waals surface area contributed by atoms with Gasteiger partial charge in [0.15, 0.2) is 0 Å². The molecule has 1 atom stereocenters. The first-order chi connectivity index (χ1) is 3.79. The molecule has 4 N–H and O–H groups in total. The molecule has 1 rings (SSSR count). The van der Waals surface area contributed by atoms with E-state index in [1.54, 1.807) is 0 Å². The standard InChI is InChI=1S/C5H11N3/c1-4-2-7-5(6)8-3-4/h4H,2-3H2,1H3,(H3,6,7,8)/p+1. The molecule has 3 nitrogen and oxygen atoms in total. The van der Waals surface area contributed by atoms with Crippen LogP contribution in [-0.2, 0) is 0 Å². The van der Waals surface area contributed by atoms with Crippen molar-refractivity contribution in [2.45, 2.75) is 6.92 Å². The van der Waals surface area contributed by atoms with Crippen LogP contribution in [0.2, 0.25) is 0 Å². The summed E-state index contributed by atoms with van der Waals surface area (Å²) in [6.45, 7) is 4.17. The van der Waals surface area contributed by atoms with E-state index in [0.29, 0.717) is 11.9 Å². The summed E-state index contributed by atoms with van der Waals surface area (Å²) in [7, 11) is 0. The summed E-state index contributed by atoms with van der Waals surface area (Å²) in [4.78, 5) is 3.02. The maximum atomic E-state index is 5.39. The van der Waals surface area contributed by atoms with Gasteiger partial charge in [0.05, 0.1) is 13.1 Å². The molecule has 0 saturated heterocycles. The van der Waals surface area contributed by atoms with Gasteiger partial charge in [0.2, 0.25) is 0 Å². The summed E-state index contributed by atoms with van der Waals surface area (Å²) in [5, 5.41) is 3.02. The van der Waals surface area contributed by atoms with Crippen molar-refractivity contribution in [2.75, 3.05) is 13.1 Å². The zero-order chi connectivity index (χ0) is 5.98. The molecule has 1 aliphatic rings. The Morgan fingerprint density at radius 1 is 1.88 bits per heavy atom. The average molecular weight is 114 g/mol. The van der Waals surface area contributed by atoms with E-state index in [9.17, 15) is 0 Å². The largest absolute Gasteiger partial charge is 0.341 e. The third-order valence-electron chi connectivity index (χ3n) is 1.28. The van der Waals surface area contributed by atoms with Gasteiger partial charge in [0.1, 0.15) is 0 Å². The van der Waals surface area contributed by atoms with Gasteiger partial charge in [-0.05, 0) is 0 Å². The Labute approximate surface area is 49.0 Å². The highest BCUT2D eigenvalue weighted by atomic mass is 15.1. The van der Waals surface area contributed by atoms with Gasteiger partial charge in [-0.15, -0.1) is 0 Å². The first-order valence-corrected chi connectivity index (χ1v) is 2.89. The molecule has 0 aliphatic carbocycles. The molecule has 0 saturated carbocycles. The molecule has 1 unspecified atom stereocenters. The predicted molar refractivity (Wildman–Crippen MR) is 32.2 cm³/mol. The molecule has 0 amide bonds. The third kappa shape index (κ3) is 1.12. The molecular formula is C5H12N3+. The summed E-state index contributed by atoms with van der Waals surface area (Å²) < 4.78 is 0. The topological polar surface area (TPSA) is 52.0 Å². The van der Waals surface area contributed by atoms with Crippen molar-refractivity contribution in [1.29, 1.82) is 0 Å². The molecule has 0 aromatic heterocycles. The number of guanidine groups is 1. The van der Waals surface area contributed by atoms with Crippen LogP contribution in [0.1, 0.15) is 6.92 Å². The Kier molecular flexibility index (Phi) is 1.37.